The lowest BCUT2D eigenvalue weighted by Gasteiger charge is -2.09. The molecule has 0 radical (unpaired) electrons. The smallest absolute Gasteiger partial charge is 0.297 e. The van der Waals surface area contributed by atoms with Crippen molar-refractivity contribution >= 4 is 16.6 Å². The highest BCUT2D eigenvalue weighted by Crippen LogP contribution is 2.29. The third kappa shape index (κ3) is 1.77. The van der Waals surface area contributed by atoms with Crippen molar-refractivity contribution in [1.29, 1.82) is 5.26 Å². The van der Waals surface area contributed by atoms with Crippen LogP contribution in [-0.4, -0.2) is 31.4 Å². The summed E-state index contributed by atoms with van der Waals surface area (Å²) in [5.74, 6) is 0. The number of rotatable bonds is 3. The zero-order valence-electron chi connectivity index (χ0n) is 8.94. The van der Waals surface area contributed by atoms with E-state index < -0.39 is 17.1 Å². The van der Waals surface area contributed by atoms with Crippen molar-refractivity contribution in [3.63, 3.8) is 0 Å². The Labute approximate surface area is 100 Å². The predicted molar refractivity (Wildman–Crippen MR) is 59.3 cm³/mol. The number of nitro groups is 1. The minimum atomic E-state index is -1.63. The number of benzene rings is 1. The monoisotopic (exact) mass is 248 g/mol. The number of nitriles is 1. The van der Waals surface area contributed by atoms with Gasteiger partial charge in [0.2, 0.25) is 0 Å². The first-order valence-electron chi connectivity index (χ1n) is 4.93. The topological polar surface area (TPSA) is 136 Å². The first-order chi connectivity index (χ1) is 8.56. The number of nitrogens with zero attached hydrogens (tertiary/aromatic N) is 3. The first-order valence-corrected chi connectivity index (χ1v) is 4.93. The van der Waals surface area contributed by atoms with E-state index in [1.54, 1.807) is 0 Å². The molecule has 0 saturated carbocycles. The number of aliphatic hydroxyl groups excluding tert-OH is 2. The van der Waals surface area contributed by atoms with Gasteiger partial charge in [-0.2, -0.15) is 10.4 Å². The molecule has 1 aromatic heterocycles. The molecule has 0 saturated heterocycles. The highest BCUT2D eigenvalue weighted by Gasteiger charge is 2.25. The van der Waals surface area contributed by atoms with Crippen LogP contribution in [0, 0.1) is 21.4 Å². The Morgan fingerprint density at radius 2 is 2.22 bits per heavy atom. The average molecular weight is 248 g/mol. The number of nitro benzene ring substituents is 1. The van der Waals surface area contributed by atoms with Gasteiger partial charge in [0.05, 0.1) is 16.7 Å². The van der Waals surface area contributed by atoms with Gasteiger partial charge in [-0.05, 0) is 0 Å². The van der Waals surface area contributed by atoms with E-state index in [0.29, 0.717) is 5.39 Å². The van der Waals surface area contributed by atoms with E-state index in [-0.39, 0.29) is 16.9 Å². The Balaban J connectivity index is 2.60. The second kappa shape index (κ2) is 4.40. The second-order valence-electron chi connectivity index (χ2n) is 3.59. The number of H-pyrrole nitrogens is 1. The molecule has 0 aliphatic carbocycles. The summed E-state index contributed by atoms with van der Waals surface area (Å²) in [5, 5.41) is 44.7. The number of non-ortho nitro benzene ring substituents is 1. The van der Waals surface area contributed by atoms with E-state index >= 15 is 0 Å². The fourth-order valence-electron chi connectivity index (χ4n) is 1.64. The van der Waals surface area contributed by atoms with Gasteiger partial charge in [-0.3, -0.25) is 15.2 Å². The van der Waals surface area contributed by atoms with Crippen LogP contribution in [0.2, 0.25) is 0 Å². The number of aromatic amines is 1. The van der Waals surface area contributed by atoms with Crippen molar-refractivity contribution < 1.29 is 15.1 Å². The van der Waals surface area contributed by atoms with Gasteiger partial charge in [-0.15, -0.1) is 0 Å². The molecular formula is C10H8N4O4. The van der Waals surface area contributed by atoms with Gasteiger partial charge < -0.3 is 10.2 Å². The molecular weight excluding hydrogens is 240 g/mol. The molecule has 0 aliphatic rings. The molecule has 0 spiro atoms. The van der Waals surface area contributed by atoms with Gasteiger partial charge in [-0.1, -0.05) is 12.1 Å². The molecule has 2 atom stereocenters. The Hall–Kier alpha value is -2.50. The maximum Gasteiger partial charge on any atom is 0.297 e. The SMILES string of the molecule is N#CC(O)C(O)c1[nH]nc2c([N+](=O)[O-])cccc12. The summed E-state index contributed by atoms with van der Waals surface area (Å²) in [4.78, 5) is 10.2. The maximum absolute atomic E-state index is 10.8. The minimum Gasteiger partial charge on any atom is -0.383 e. The summed E-state index contributed by atoms with van der Waals surface area (Å²) in [6.07, 6.45) is -3.13. The molecule has 92 valence electrons. The van der Waals surface area contributed by atoms with Crippen LogP contribution < -0.4 is 0 Å². The number of nitrogens with one attached hydrogen (secondary N) is 1. The lowest BCUT2D eigenvalue weighted by Crippen LogP contribution is -2.16. The Morgan fingerprint density at radius 3 is 2.83 bits per heavy atom. The Morgan fingerprint density at radius 1 is 1.50 bits per heavy atom. The number of hydrogen-bond acceptors (Lipinski definition) is 6. The Bertz CT molecular complexity index is 645. The summed E-state index contributed by atoms with van der Waals surface area (Å²) in [6, 6.07) is 5.70. The predicted octanol–water partition coefficient (Wildman–Crippen LogP) is 0.389. The highest BCUT2D eigenvalue weighted by atomic mass is 16.6. The first kappa shape index (κ1) is 12.0. The van der Waals surface area contributed by atoms with E-state index in [2.05, 4.69) is 10.2 Å². The molecule has 0 amide bonds. The van der Waals surface area contributed by atoms with Gasteiger partial charge in [0.1, 0.15) is 6.10 Å². The standard InChI is InChI=1S/C10H8N4O4/c11-4-7(15)10(16)9-5-2-1-3-6(14(17)18)8(5)12-13-9/h1-3,7,10,15-16H,(H,12,13). The van der Waals surface area contributed by atoms with Crippen molar-refractivity contribution in [2.75, 3.05) is 0 Å². The molecule has 0 fully saturated rings. The van der Waals surface area contributed by atoms with Crippen molar-refractivity contribution in [3.05, 3.63) is 34.0 Å². The molecule has 1 aromatic carbocycles. The van der Waals surface area contributed by atoms with E-state index in [4.69, 9.17) is 5.26 Å². The van der Waals surface area contributed by atoms with Gasteiger partial charge in [-0.25, -0.2) is 0 Å². The molecule has 2 unspecified atom stereocenters. The fraction of sp³-hybridized carbons (Fsp3) is 0.200. The molecule has 0 aliphatic heterocycles. The van der Waals surface area contributed by atoms with Gasteiger partial charge in [0, 0.05) is 11.5 Å². The van der Waals surface area contributed by atoms with Crippen LogP contribution in [-0.2, 0) is 0 Å². The molecule has 0 bridgehead atoms. The molecule has 1 heterocycles. The van der Waals surface area contributed by atoms with Crippen LogP contribution in [0.15, 0.2) is 18.2 Å². The number of aliphatic hydroxyl groups is 2. The van der Waals surface area contributed by atoms with Crippen LogP contribution in [0.1, 0.15) is 11.8 Å². The molecule has 2 rings (SSSR count). The number of hydrogen-bond donors (Lipinski definition) is 3. The summed E-state index contributed by atoms with van der Waals surface area (Å²) in [6.45, 7) is 0. The lowest BCUT2D eigenvalue weighted by atomic mass is 10.1. The second-order valence-corrected chi connectivity index (χ2v) is 3.59. The molecule has 8 nitrogen and oxygen atoms in total. The average Bonchev–Trinajstić information content (AvgIpc) is 2.80. The summed E-state index contributed by atoms with van der Waals surface area (Å²) < 4.78 is 0. The molecule has 2 aromatic rings. The largest absolute Gasteiger partial charge is 0.383 e. The number of aromatic nitrogens is 2. The summed E-state index contributed by atoms with van der Waals surface area (Å²) >= 11 is 0. The fourth-order valence-corrected chi connectivity index (χ4v) is 1.64. The quantitative estimate of drug-likeness (QED) is 0.408. The molecule has 18 heavy (non-hydrogen) atoms. The third-order valence-electron chi connectivity index (χ3n) is 2.52. The van der Waals surface area contributed by atoms with E-state index in [1.807, 2.05) is 0 Å². The van der Waals surface area contributed by atoms with Crippen LogP contribution in [0.4, 0.5) is 5.69 Å². The zero-order valence-corrected chi connectivity index (χ0v) is 8.94. The van der Waals surface area contributed by atoms with Crippen molar-refractivity contribution in [3.8, 4) is 6.07 Å². The van der Waals surface area contributed by atoms with Gasteiger partial charge in [0.15, 0.2) is 11.6 Å². The van der Waals surface area contributed by atoms with Crippen LogP contribution in [0.3, 0.4) is 0 Å². The van der Waals surface area contributed by atoms with Crippen LogP contribution in [0.5, 0.6) is 0 Å². The molecule has 8 heteroatoms. The number of fused-ring (bicyclic) bond motifs is 1. The van der Waals surface area contributed by atoms with E-state index in [1.165, 1.54) is 24.3 Å². The van der Waals surface area contributed by atoms with Gasteiger partial charge >= 0.3 is 0 Å². The van der Waals surface area contributed by atoms with Crippen molar-refractivity contribution in [2.24, 2.45) is 0 Å². The minimum absolute atomic E-state index is 0.0710. The highest BCUT2D eigenvalue weighted by molar-refractivity contribution is 5.89. The van der Waals surface area contributed by atoms with Crippen LogP contribution in [0.25, 0.3) is 10.9 Å². The zero-order chi connectivity index (χ0) is 13.3. The van der Waals surface area contributed by atoms with E-state index in [0.717, 1.165) is 0 Å². The van der Waals surface area contributed by atoms with Gasteiger partial charge in [0.25, 0.3) is 5.69 Å². The summed E-state index contributed by atoms with van der Waals surface area (Å²) in [7, 11) is 0. The third-order valence-corrected chi connectivity index (χ3v) is 2.52. The van der Waals surface area contributed by atoms with E-state index in [9.17, 15) is 20.3 Å². The summed E-state index contributed by atoms with van der Waals surface area (Å²) in [5.41, 5.74) is -0.0712. The lowest BCUT2D eigenvalue weighted by molar-refractivity contribution is -0.383. The maximum atomic E-state index is 10.8. The van der Waals surface area contributed by atoms with Crippen molar-refractivity contribution in [2.45, 2.75) is 12.2 Å². The van der Waals surface area contributed by atoms with Crippen molar-refractivity contribution in [1.82, 2.24) is 10.2 Å². The molecule has 3 N–H and O–H groups in total. The van der Waals surface area contributed by atoms with Crippen LogP contribution >= 0.6 is 0 Å². The normalized spacial score (nSPS) is 14.1. The Kier molecular flexibility index (Phi) is 2.93. The number of para-hydroxylation sites is 1.